The number of nitrogens with zero attached hydrogens (tertiary/aromatic N) is 1. The summed E-state index contributed by atoms with van der Waals surface area (Å²) in [7, 11) is 3.56. The summed E-state index contributed by atoms with van der Waals surface area (Å²) in [4.78, 5) is 13.2. The van der Waals surface area contributed by atoms with E-state index in [-0.39, 0.29) is 5.97 Å². The molecule has 1 saturated heterocycles. The fraction of sp³-hybridized carbons (Fsp3) is 0.900. The van der Waals surface area contributed by atoms with Crippen molar-refractivity contribution in [2.24, 2.45) is 0 Å². The summed E-state index contributed by atoms with van der Waals surface area (Å²) in [5.74, 6) is -0.178. The van der Waals surface area contributed by atoms with E-state index < -0.39 is 0 Å². The molecule has 1 aliphatic heterocycles. The quantitative estimate of drug-likeness (QED) is 0.662. The smallest absolute Gasteiger partial charge is 0.319 e. The van der Waals surface area contributed by atoms with Crippen LogP contribution in [0.5, 0.6) is 0 Å². The van der Waals surface area contributed by atoms with E-state index in [1.165, 1.54) is 13.5 Å². The van der Waals surface area contributed by atoms with Crippen LogP contribution in [0.2, 0.25) is 0 Å². The van der Waals surface area contributed by atoms with E-state index in [1.54, 1.807) is 0 Å². The first-order valence-electron chi connectivity index (χ1n) is 5.21. The standard InChI is InChI=1S/C10H20N2O2/c1-12-6-3-4-9(5-7-12)11-8-10(13)14-2/h9,11H,3-8H2,1-2H3. The minimum absolute atomic E-state index is 0.178. The SMILES string of the molecule is COC(=O)CNC1CCCN(C)CC1. The van der Waals surface area contributed by atoms with Gasteiger partial charge >= 0.3 is 5.97 Å². The van der Waals surface area contributed by atoms with Gasteiger partial charge in [0.25, 0.3) is 0 Å². The third-order valence-corrected chi connectivity index (χ3v) is 2.71. The maximum atomic E-state index is 10.9. The molecular formula is C10H20N2O2. The fourth-order valence-corrected chi connectivity index (χ4v) is 1.74. The third kappa shape index (κ3) is 4.07. The molecule has 1 fully saturated rings. The number of methoxy groups -OCH3 is 1. The molecular weight excluding hydrogens is 180 g/mol. The van der Waals surface area contributed by atoms with Gasteiger partial charge in [0, 0.05) is 6.04 Å². The summed E-state index contributed by atoms with van der Waals surface area (Å²) in [6.45, 7) is 2.61. The molecule has 0 bridgehead atoms. The van der Waals surface area contributed by atoms with Crippen LogP contribution in [0.1, 0.15) is 19.3 Å². The Hall–Kier alpha value is -0.610. The second kappa shape index (κ2) is 5.98. The Labute approximate surface area is 85.6 Å². The molecule has 0 aromatic carbocycles. The topological polar surface area (TPSA) is 41.6 Å². The number of carbonyl (C=O) groups excluding carboxylic acids is 1. The van der Waals surface area contributed by atoms with Gasteiger partial charge in [0.2, 0.25) is 0 Å². The highest BCUT2D eigenvalue weighted by Crippen LogP contribution is 2.08. The lowest BCUT2D eigenvalue weighted by Crippen LogP contribution is -2.34. The highest BCUT2D eigenvalue weighted by molar-refractivity contribution is 5.71. The van der Waals surface area contributed by atoms with E-state index in [1.807, 2.05) is 0 Å². The van der Waals surface area contributed by atoms with E-state index >= 15 is 0 Å². The van der Waals surface area contributed by atoms with Crippen molar-refractivity contribution in [3.63, 3.8) is 0 Å². The maximum absolute atomic E-state index is 10.9. The van der Waals surface area contributed by atoms with Crippen molar-refractivity contribution in [1.29, 1.82) is 0 Å². The highest BCUT2D eigenvalue weighted by Gasteiger charge is 2.14. The Kier molecular flexibility index (Phi) is 4.90. The van der Waals surface area contributed by atoms with E-state index in [0.717, 1.165) is 25.9 Å². The fourth-order valence-electron chi connectivity index (χ4n) is 1.74. The molecule has 4 nitrogen and oxygen atoms in total. The first-order chi connectivity index (χ1) is 6.72. The van der Waals surface area contributed by atoms with Crippen LogP contribution in [0.3, 0.4) is 0 Å². The molecule has 0 radical (unpaired) electrons. The average Bonchev–Trinajstić information content (AvgIpc) is 2.39. The predicted molar refractivity (Wildman–Crippen MR) is 55.2 cm³/mol. The molecule has 1 N–H and O–H groups in total. The largest absolute Gasteiger partial charge is 0.468 e. The minimum atomic E-state index is -0.178. The zero-order chi connectivity index (χ0) is 10.4. The molecule has 1 aliphatic rings. The zero-order valence-corrected chi connectivity index (χ0v) is 9.08. The Bertz CT molecular complexity index is 185. The van der Waals surface area contributed by atoms with E-state index in [0.29, 0.717) is 12.6 Å². The van der Waals surface area contributed by atoms with Gasteiger partial charge in [-0.15, -0.1) is 0 Å². The van der Waals surface area contributed by atoms with Gasteiger partial charge < -0.3 is 15.0 Å². The second-order valence-electron chi connectivity index (χ2n) is 3.89. The zero-order valence-electron chi connectivity index (χ0n) is 9.08. The average molecular weight is 200 g/mol. The van der Waals surface area contributed by atoms with Gasteiger partial charge in [0.1, 0.15) is 0 Å². The van der Waals surface area contributed by atoms with Crippen LogP contribution in [0, 0.1) is 0 Å². The molecule has 0 amide bonds. The second-order valence-corrected chi connectivity index (χ2v) is 3.89. The number of carbonyl (C=O) groups is 1. The Balaban J connectivity index is 2.20. The minimum Gasteiger partial charge on any atom is -0.468 e. The normalized spacial score (nSPS) is 24.3. The number of rotatable bonds is 3. The summed E-state index contributed by atoms with van der Waals surface area (Å²) < 4.78 is 4.58. The molecule has 0 saturated carbocycles. The molecule has 1 unspecified atom stereocenters. The van der Waals surface area contributed by atoms with Crippen LogP contribution in [-0.4, -0.2) is 50.7 Å². The summed E-state index contributed by atoms with van der Waals surface area (Å²) in [5, 5.41) is 3.23. The monoisotopic (exact) mass is 200 g/mol. The molecule has 0 aromatic rings. The number of ether oxygens (including phenoxy) is 1. The Morgan fingerprint density at radius 2 is 2.29 bits per heavy atom. The van der Waals surface area contributed by atoms with Crippen LogP contribution in [0.15, 0.2) is 0 Å². The van der Waals surface area contributed by atoms with Gasteiger partial charge in [0.15, 0.2) is 0 Å². The molecule has 82 valence electrons. The number of nitrogens with one attached hydrogen (secondary N) is 1. The van der Waals surface area contributed by atoms with Gasteiger partial charge in [-0.25, -0.2) is 0 Å². The highest BCUT2D eigenvalue weighted by atomic mass is 16.5. The van der Waals surface area contributed by atoms with Crippen molar-refractivity contribution in [1.82, 2.24) is 10.2 Å². The molecule has 0 aliphatic carbocycles. The molecule has 4 heteroatoms. The van der Waals surface area contributed by atoms with Gasteiger partial charge in [-0.1, -0.05) is 0 Å². The van der Waals surface area contributed by atoms with Crippen molar-refractivity contribution in [2.45, 2.75) is 25.3 Å². The first-order valence-corrected chi connectivity index (χ1v) is 5.21. The van der Waals surface area contributed by atoms with Gasteiger partial charge in [-0.2, -0.15) is 0 Å². The van der Waals surface area contributed by atoms with Crippen LogP contribution in [0.25, 0.3) is 0 Å². The summed E-state index contributed by atoms with van der Waals surface area (Å²) >= 11 is 0. The lowest BCUT2D eigenvalue weighted by atomic mass is 10.1. The van der Waals surface area contributed by atoms with E-state index in [9.17, 15) is 4.79 Å². The van der Waals surface area contributed by atoms with Crippen molar-refractivity contribution in [3.8, 4) is 0 Å². The van der Waals surface area contributed by atoms with Gasteiger partial charge in [0.05, 0.1) is 13.7 Å². The van der Waals surface area contributed by atoms with Crippen molar-refractivity contribution in [2.75, 3.05) is 33.8 Å². The number of likely N-dealkylation sites (tertiary alicyclic amines) is 1. The third-order valence-electron chi connectivity index (χ3n) is 2.71. The molecule has 1 atom stereocenters. The summed E-state index contributed by atoms with van der Waals surface area (Å²) in [6, 6.07) is 0.471. The van der Waals surface area contributed by atoms with Gasteiger partial charge in [-0.05, 0) is 39.4 Å². The molecule has 14 heavy (non-hydrogen) atoms. The molecule has 0 spiro atoms. The van der Waals surface area contributed by atoms with E-state index in [2.05, 4.69) is 22.0 Å². The Morgan fingerprint density at radius 3 is 3.00 bits per heavy atom. The van der Waals surface area contributed by atoms with Crippen LogP contribution >= 0.6 is 0 Å². The summed E-state index contributed by atoms with van der Waals surface area (Å²) in [5.41, 5.74) is 0. The van der Waals surface area contributed by atoms with Gasteiger partial charge in [-0.3, -0.25) is 4.79 Å². The first kappa shape index (κ1) is 11.5. The predicted octanol–water partition coefficient (Wildman–Crippen LogP) is 0.233. The van der Waals surface area contributed by atoms with Crippen molar-refractivity contribution >= 4 is 5.97 Å². The maximum Gasteiger partial charge on any atom is 0.319 e. The lowest BCUT2D eigenvalue weighted by molar-refractivity contribution is -0.139. The molecule has 1 rings (SSSR count). The number of hydrogen-bond donors (Lipinski definition) is 1. The van der Waals surface area contributed by atoms with Crippen LogP contribution in [-0.2, 0) is 9.53 Å². The summed E-state index contributed by atoms with van der Waals surface area (Å²) in [6.07, 6.45) is 3.48. The van der Waals surface area contributed by atoms with Crippen LogP contribution in [0.4, 0.5) is 0 Å². The molecule has 0 aromatic heterocycles. The molecule has 1 heterocycles. The van der Waals surface area contributed by atoms with E-state index in [4.69, 9.17) is 0 Å². The number of hydrogen-bond acceptors (Lipinski definition) is 4. The van der Waals surface area contributed by atoms with Crippen molar-refractivity contribution in [3.05, 3.63) is 0 Å². The van der Waals surface area contributed by atoms with Crippen molar-refractivity contribution < 1.29 is 9.53 Å². The number of esters is 1. The lowest BCUT2D eigenvalue weighted by Gasteiger charge is -2.15. The Morgan fingerprint density at radius 1 is 1.50 bits per heavy atom. The van der Waals surface area contributed by atoms with Crippen LogP contribution < -0.4 is 5.32 Å².